The average Bonchev–Trinajstić information content (AvgIpc) is 2.63. The van der Waals surface area contributed by atoms with Crippen molar-refractivity contribution >= 4 is 5.76 Å². The van der Waals surface area contributed by atoms with Crippen molar-refractivity contribution in [1.82, 2.24) is 9.78 Å². The second-order valence-electron chi connectivity index (χ2n) is 5.73. The number of hydrogen-bond acceptors (Lipinski definition) is 4. The number of aromatic nitrogens is 2. The molecule has 2 aromatic rings. The minimum absolute atomic E-state index is 0.197. The lowest BCUT2D eigenvalue weighted by Gasteiger charge is -2.24. The predicted molar refractivity (Wildman–Crippen MR) is 93.4 cm³/mol. The van der Waals surface area contributed by atoms with E-state index >= 15 is 0 Å². The molecule has 0 aliphatic carbocycles. The highest BCUT2D eigenvalue weighted by molar-refractivity contribution is 5.74. The van der Waals surface area contributed by atoms with Crippen molar-refractivity contribution < 1.29 is 9.47 Å². The molecule has 1 aliphatic heterocycles. The third-order valence-electron chi connectivity index (χ3n) is 4.05. The van der Waals surface area contributed by atoms with E-state index in [4.69, 9.17) is 9.47 Å². The Balaban J connectivity index is 2.11. The number of nitrogens with zero attached hydrogens (tertiary/aromatic N) is 2. The van der Waals surface area contributed by atoms with E-state index in [9.17, 15) is 4.79 Å². The molecule has 1 fully saturated rings. The Morgan fingerprint density at radius 2 is 2.17 bits per heavy atom. The number of benzene rings is 1. The standard InChI is InChI=1S/C19H22N2O3/c1-3-23-14(2)16-13-17(22)21(18-11-7-8-12-24-18)20-19(16)15-9-5-4-6-10-15/h4-6,9-10,13,18H,2-3,7-8,11-12H2,1H3. The monoisotopic (exact) mass is 326 g/mol. The summed E-state index contributed by atoms with van der Waals surface area (Å²) in [5.41, 5.74) is 2.03. The lowest BCUT2D eigenvalue weighted by Crippen LogP contribution is -2.31. The van der Waals surface area contributed by atoms with Crippen molar-refractivity contribution in [2.24, 2.45) is 0 Å². The van der Waals surface area contributed by atoms with Crippen molar-refractivity contribution in [2.75, 3.05) is 13.2 Å². The van der Waals surface area contributed by atoms with E-state index in [1.165, 1.54) is 4.68 Å². The van der Waals surface area contributed by atoms with E-state index < -0.39 is 0 Å². The molecule has 5 heteroatoms. The molecule has 1 aromatic carbocycles. The van der Waals surface area contributed by atoms with Gasteiger partial charge in [-0.2, -0.15) is 5.10 Å². The van der Waals surface area contributed by atoms with Crippen LogP contribution < -0.4 is 5.56 Å². The van der Waals surface area contributed by atoms with Gasteiger partial charge in [-0.05, 0) is 26.2 Å². The largest absolute Gasteiger partial charge is 0.494 e. The van der Waals surface area contributed by atoms with Gasteiger partial charge in [0.05, 0.1) is 6.61 Å². The maximum absolute atomic E-state index is 12.6. The maximum Gasteiger partial charge on any atom is 0.269 e. The first-order valence-corrected chi connectivity index (χ1v) is 8.33. The molecule has 0 bridgehead atoms. The second kappa shape index (κ2) is 7.45. The topological polar surface area (TPSA) is 53.4 Å². The Hall–Kier alpha value is -2.40. The zero-order chi connectivity index (χ0) is 16.9. The third-order valence-corrected chi connectivity index (χ3v) is 4.05. The Labute approximate surface area is 141 Å². The third kappa shape index (κ3) is 3.41. The predicted octanol–water partition coefficient (Wildman–Crippen LogP) is 3.62. The summed E-state index contributed by atoms with van der Waals surface area (Å²) in [6.07, 6.45) is 2.55. The molecule has 1 unspecified atom stereocenters. The van der Waals surface area contributed by atoms with E-state index in [-0.39, 0.29) is 11.8 Å². The molecule has 0 N–H and O–H groups in total. The van der Waals surface area contributed by atoms with Gasteiger partial charge < -0.3 is 9.47 Å². The number of rotatable bonds is 5. The fourth-order valence-corrected chi connectivity index (χ4v) is 2.87. The molecule has 0 radical (unpaired) electrons. The zero-order valence-electron chi connectivity index (χ0n) is 13.9. The molecule has 0 amide bonds. The summed E-state index contributed by atoms with van der Waals surface area (Å²) in [6, 6.07) is 11.3. The van der Waals surface area contributed by atoms with Crippen LogP contribution in [-0.2, 0) is 9.47 Å². The minimum Gasteiger partial charge on any atom is -0.494 e. The number of ether oxygens (including phenoxy) is 2. The van der Waals surface area contributed by atoms with Crippen molar-refractivity contribution in [3.8, 4) is 11.3 Å². The van der Waals surface area contributed by atoms with Gasteiger partial charge in [0.2, 0.25) is 0 Å². The Morgan fingerprint density at radius 3 is 2.83 bits per heavy atom. The van der Waals surface area contributed by atoms with Crippen molar-refractivity contribution in [2.45, 2.75) is 32.4 Å². The van der Waals surface area contributed by atoms with Gasteiger partial charge in [0.25, 0.3) is 5.56 Å². The van der Waals surface area contributed by atoms with Gasteiger partial charge in [-0.1, -0.05) is 36.9 Å². The Bertz CT molecular complexity index is 762. The van der Waals surface area contributed by atoms with Gasteiger partial charge in [0.1, 0.15) is 11.5 Å². The van der Waals surface area contributed by atoms with Crippen molar-refractivity contribution in [3.05, 3.63) is 58.9 Å². The molecule has 3 rings (SSSR count). The van der Waals surface area contributed by atoms with Crippen LogP contribution >= 0.6 is 0 Å². The van der Waals surface area contributed by atoms with Gasteiger partial charge in [-0.15, -0.1) is 0 Å². The highest BCUT2D eigenvalue weighted by atomic mass is 16.5. The first kappa shape index (κ1) is 16.5. The Morgan fingerprint density at radius 1 is 1.38 bits per heavy atom. The zero-order valence-corrected chi connectivity index (χ0v) is 13.9. The van der Waals surface area contributed by atoms with Crippen molar-refractivity contribution in [1.29, 1.82) is 0 Å². The molecule has 1 saturated heterocycles. The first-order chi connectivity index (χ1) is 11.7. The molecule has 1 aromatic heterocycles. The van der Waals surface area contributed by atoms with Crippen LogP contribution in [0.15, 0.2) is 47.8 Å². The van der Waals surface area contributed by atoms with Crippen LogP contribution in [0.25, 0.3) is 17.0 Å². The first-order valence-electron chi connectivity index (χ1n) is 8.33. The van der Waals surface area contributed by atoms with Gasteiger partial charge in [0.15, 0.2) is 6.23 Å². The summed E-state index contributed by atoms with van der Waals surface area (Å²) in [4.78, 5) is 12.6. The molecule has 0 spiro atoms. The number of hydrogen-bond donors (Lipinski definition) is 0. The molecular weight excluding hydrogens is 304 g/mol. The molecule has 2 heterocycles. The van der Waals surface area contributed by atoms with Crippen LogP contribution in [0, 0.1) is 0 Å². The van der Waals surface area contributed by atoms with Gasteiger partial charge in [-0.3, -0.25) is 4.79 Å². The molecule has 1 aliphatic rings. The molecular formula is C19H22N2O3. The van der Waals surface area contributed by atoms with Crippen LogP contribution in [0.2, 0.25) is 0 Å². The van der Waals surface area contributed by atoms with E-state index in [2.05, 4.69) is 11.7 Å². The maximum atomic E-state index is 12.6. The fourth-order valence-electron chi connectivity index (χ4n) is 2.87. The second-order valence-corrected chi connectivity index (χ2v) is 5.73. The Kier molecular flexibility index (Phi) is 5.11. The summed E-state index contributed by atoms with van der Waals surface area (Å²) >= 11 is 0. The highest BCUT2D eigenvalue weighted by Crippen LogP contribution is 2.27. The van der Waals surface area contributed by atoms with Crippen LogP contribution in [0.1, 0.15) is 38.0 Å². The summed E-state index contributed by atoms with van der Waals surface area (Å²) in [7, 11) is 0. The summed E-state index contributed by atoms with van der Waals surface area (Å²) < 4.78 is 12.7. The molecule has 1 atom stereocenters. The molecule has 24 heavy (non-hydrogen) atoms. The normalized spacial score (nSPS) is 17.5. The van der Waals surface area contributed by atoms with Crippen LogP contribution in [0.3, 0.4) is 0 Å². The van der Waals surface area contributed by atoms with Gasteiger partial charge in [-0.25, -0.2) is 4.68 Å². The smallest absolute Gasteiger partial charge is 0.269 e. The fraction of sp³-hybridized carbons (Fsp3) is 0.368. The lowest BCUT2D eigenvalue weighted by molar-refractivity contribution is -0.0422. The summed E-state index contributed by atoms with van der Waals surface area (Å²) in [6.45, 7) is 6.98. The van der Waals surface area contributed by atoms with Crippen LogP contribution in [0.5, 0.6) is 0 Å². The van der Waals surface area contributed by atoms with E-state index in [0.29, 0.717) is 30.2 Å². The van der Waals surface area contributed by atoms with E-state index in [1.54, 1.807) is 6.07 Å². The van der Waals surface area contributed by atoms with Gasteiger partial charge in [0, 0.05) is 23.8 Å². The van der Waals surface area contributed by atoms with Gasteiger partial charge >= 0.3 is 0 Å². The summed E-state index contributed by atoms with van der Waals surface area (Å²) in [5, 5.41) is 4.61. The molecule has 126 valence electrons. The minimum atomic E-state index is -0.303. The molecule has 5 nitrogen and oxygen atoms in total. The average molecular weight is 326 g/mol. The summed E-state index contributed by atoms with van der Waals surface area (Å²) in [5.74, 6) is 0.456. The SMILES string of the molecule is C=C(OCC)c1cc(=O)n(C2CCCCO2)nc1-c1ccccc1. The van der Waals surface area contributed by atoms with Crippen molar-refractivity contribution in [3.63, 3.8) is 0 Å². The van der Waals surface area contributed by atoms with E-state index in [1.807, 2.05) is 37.3 Å². The highest BCUT2D eigenvalue weighted by Gasteiger charge is 2.21. The van der Waals surface area contributed by atoms with Crippen LogP contribution in [0.4, 0.5) is 0 Å². The molecule has 0 saturated carbocycles. The van der Waals surface area contributed by atoms with Crippen LogP contribution in [-0.4, -0.2) is 23.0 Å². The quantitative estimate of drug-likeness (QED) is 0.788. The van der Waals surface area contributed by atoms with E-state index in [0.717, 1.165) is 24.8 Å². The lowest BCUT2D eigenvalue weighted by atomic mass is 10.1.